The third kappa shape index (κ3) is 1.57. The summed E-state index contributed by atoms with van der Waals surface area (Å²) < 4.78 is 31.1. The van der Waals surface area contributed by atoms with Crippen LogP contribution in [-0.2, 0) is 0 Å². The Morgan fingerprint density at radius 3 is 2.62 bits per heavy atom. The lowest BCUT2D eigenvalue weighted by atomic mass is 10.1. The van der Waals surface area contributed by atoms with Crippen molar-refractivity contribution in [2.45, 2.75) is 0 Å². The molecular weight excluding hydrogens is 242 g/mol. The van der Waals surface area contributed by atoms with E-state index >= 15 is 0 Å². The molecular formula is C9H5ClF2N2O2. The van der Waals surface area contributed by atoms with Gasteiger partial charge in [0.05, 0.1) is 5.02 Å². The number of aromatic nitrogens is 1. The molecule has 0 saturated heterocycles. The van der Waals surface area contributed by atoms with Crippen molar-refractivity contribution in [3.05, 3.63) is 28.8 Å². The van der Waals surface area contributed by atoms with Crippen LogP contribution in [-0.4, -0.2) is 10.3 Å². The quantitative estimate of drug-likeness (QED) is 0.759. The average Bonchev–Trinajstić information content (AvgIpc) is 2.62. The number of phenolic OH excluding ortho intramolecular Hbond substituents is 1. The van der Waals surface area contributed by atoms with Crippen LogP contribution in [0.25, 0.3) is 11.3 Å². The van der Waals surface area contributed by atoms with Crippen LogP contribution < -0.4 is 5.73 Å². The third-order valence-electron chi connectivity index (χ3n) is 1.92. The molecule has 7 heteroatoms. The SMILES string of the molecule is Nc1cc(-c2c(O)c(Cl)cc(F)c2F)on1. The van der Waals surface area contributed by atoms with E-state index in [0.717, 1.165) is 6.07 Å². The summed E-state index contributed by atoms with van der Waals surface area (Å²) in [5.74, 6) is -3.33. The predicted molar refractivity (Wildman–Crippen MR) is 52.9 cm³/mol. The molecule has 0 atom stereocenters. The molecule has 0 saturated carbocycles. The Morgan fingerprint density at radius 2 is 2.06 bits per heavy atom. The lowest BCUT2D eigenvalue weighted by molar-refractivity contribution is 0.419. The van der Waals surface area contributed by atoms with Crippen molar-refractivity contribution in [3.63, 3.8) is 0 Å². The molecule has 1 aromatic carbocycles. The Kier molecular flexibility index (Phi) is 2.43. The summed E-state index contributed by atoms with van der Waals surface area (Å²) in [7, 11) is 0. The fourth-order valence-electron chi connectivity index (χ4n) is 1.22. The largest absolute Gasteiger partial charge is 0.505 e. The minimum absolute atomic E-state index is 0.0193. The zero-order valence-corrected chi connectivity index (χ0v) is 8.42. The van der Waals surface area contributed by atoms with Crippen molar-refractivity contribution in [3.8, 4) is 17.1 Å². The number of hydrogen-bond donors (Lipinski definition) is 2. The highest BCUT2D eigenvalue weighted by Crippen LogP contribution is 2.39. The third-order valence-corrected chi connectivity index (χ3v) is 2.21. The van der Waals surface area contributed by atoms with E-state index in [9.17, 15) is 13.9 Å². The fourth-order valence-corrected chi connectivity index (χ4v) is 1.41. The first-order valence-electron chi connectivity index (χ1n) is 4.09. The van der Waals surface area contributed by atoms with Gasteiger partial charge in [0.25, 0.3) is 0 Å². The van der Waals surface area contributed by atoms with Gasteiger partial charge in [-0.05, 0) is 6.07 Å². The van der Waals surface area contributed by atoms with Crippen LogP contribution in [0.4, 0.5) is 14.6 Å². The molecule has 0 aliphatic heterocycles. The first-order valence-corrected chi connectivity index (χ1v) is 4.47. The van der Waals surface area contributed by atoms with Gasteiger partial charge in [-0.2, -0.15) is 0 Å². The standard InChI is InChI=1S/C9H5ClF2N2O2/c10-3-1-4(11)8(12)7(9(3)15)5-2-6(13)14-16-5/h1-2,15H,(H2,13,14). The van der Waals surface area contributed by atoms with Crippen molar-refractivity contribution >= 4 is 17.4 Å². The highest BCUT2D eigenvalue weighted by molar-refractivity contribution is 6.32. The lowest BCUT2D eigenvalue weighted by Gasteiger charge is -2.04. The summed E-state index contributed by atoms with van der Waals surface area (Å²) in [6, 6.07) is 1.81. The van der Waals surface area contributed by atoms with Crippen molar-refractivity contribution in [2.75, 3.05) is 5.73 Å². The molecule has 4 nitrogen and oxygen atoms in total. The molecule has 0 aliphatic rings. The number of hydrogen-bond acceptors (Lipinski definition) is 4. The minimum atomic E-state index is -1.28. The molecule has 3 N–H and O–H groups in total. The van der Waals surface area contributed by atoms with Gasteiger partial charge in [-0.3, -0.25) is 0 Å². The van der Waals surface area contributed by atoms with E-state index in [1.54, 1.807) is 0 Å². The van der Waals surface area contributed by atoms with Crippen molar-refractivity contribution in [1.82, 2.24) is 5.16 Å². The Labute approximate surface area is 93.2 Å². The molecule has 0 unspecified atom stereocenters. The van der Waals surface area contributed by atoms with E-state index in [2.05, 4.69) is 9.68 Å². The second kappa shape index (κ2) is 3.64. The van der Waals surface area contributed by atoms with Gasteiger partial charge >= 0.3 is 0 Å². The van der Waals surface area contributed by atoms with Crippen LogP contribution in [0.1, 0.15) is 0 Å². The zero-order chi connectivity index (χ0) is 11.9. The minimum Gasteiger partial charge on any atom is -0.505 e. The predicted octanol–water partition coefficient (Wildman–Crippen LogP) is 2.56. The molecule has 0 fully saturated rings. The van der Waals surface area contributed by atoms with Crippen LogP contribution in [0.5, 0.6) is 5.75 Å². The Hall–Kier alpha value is -1.82. The molecule has 0 amide bonds. The molecule has 0 aliphatic carbocycles. The number of anilines is 1. The van der Waals surface area contributed by atoms with E-state index < -0.39 is 22.9 Å². The highest BCUT2D eigenvalue weighted by atomic mass is 35.5. The molecule has 16 heavy (non-hydrogen) atoms. The van der Waals surface area contributed by atoms with E-state index in [4.69, 9.17) is 17.3 Å². The van der Waals surface area contributed by atoms with Crippen molar-refractivity contribution < 1.29 is 18.4 Å². The van der Waals surface area contributed by atoms with Gasteiger partial charge in [0.15, 0.2) is 23.2 Å². The second-order valence-corrected chi connectivity index (χ2v) is 3.40. The summed E-state index contributed by atoms with van der Waals surface area (Å²) >= 11 is 5.50. The lowest BCUT2D eigenvalue weighted by Crippen LogP contribution is -1.90. The van der Waals surface area contributed by atoms with Crippen LogP contribution in [0, 0.1) is 11.6 Å². The van der Waals surface area contributed by atoms with Crippen molar-refractivity contribution in [2.24, 2.45) is 0 Å². The van der Waals surface area contributed by atoms with Gasteiger partial charge in [0.1, 0.15) is 11.3 Å². The van der Waals surface area contributed by atoms with Crippen LogP contribution in [0.2, 0.25) is 5.02 Å². The van der Waals surface area contributed by atoms with Gasteiger partial charge in [-0.25, -0.2) is 8.78 Å². The number of halogens is 3. The van der Waals surface area contributed by atoms with Crippen LogP contribution in [0.3, 0.4) is 0 Å². The molecule has 0 spiro atoms. The molecule has 0 bridgehead atoms. The van der Waals surface area contributed by atoms with Gasteiger partial charge in [0, 0.05) is 6.07 Å². The maximum Gasteiger partial charge on any atom is 0.175 e. The van der Waals surface area contributed by atoms with E-state index in [-0.39, 0.29) is 16.6 Å². The summed E-state index contributed by atoms with van der Waals surface area (Å²) in [6.07, 6.45) is 0. The maximum atomic E-state index is 13.4. The van der Waals surface area contributed by atoms with Crippen molar-refractivity contribution in [1.29, 1.82) is 0 Å². The summed E-state index contributed by atoms with van der Waals surface area (Å²) in [6.45, 7) is 0. The first-order chi connectivity index (χ1) is 7.50. The second-order valence-electron chi connectivity index (χ2n) is 2.99. The molecule has 0 radical (unpaired) electrons. The van der Waals surface area contributed by atoms with E-state index in [0.29, 0.717) is 6.07 Å². The molecule has 2 rings (SSSR count). The smallest absolute Gasteiger partial charge is 0.175 e. The molecule has 1 aromatic heterocycles. The summed E-state index contributed by atoms with van der Waals surface area (Å²) in [4.78, 5) is 0. The molecule has 84 valence electrons. The Bertz CT molecular complexity index is 530. The average molecular weight is 247 g/mol. The van der Waals surface area contributed by atoms with Gasteiger partial charge in [-0.15, -0.1) is 0 Å². The Balaban J connectivity index is 2.73. The topological polar surface area (TPSA) is 72.3 Å². The van der Waals surface area contributed by atoms with Crippen LogP contribution in [0.15, 0.2) is 16.7 Å². The van der Waals surface area contributed by atoms with Crippen LogP contribution >= 0.6 is 11.6 Å². The number of nitrogen functional groups attached to an aromatic ring is 1. The fraction of sp³-hybridized carbons (Fsp3) is 0. The van der Waals surface area contributed by atoms with Gasteiger partial charge in [0.2, 0.25) is 0 Å². The summed E-state index contributed by atoms with van der Waals surface area (Å²) in [5, 5.41) is 12.5. The zero-order valence-electron chi connectivity index (χ0n) is 7.67. The maximum absolute atomic E-state index is 13.4. The Morgan fingerprint density at radius 1 is 1.38 bits per heavy atom. The number of phenols is 1. The normalized spacial score (nSPS) is 10.7. The number of rotatable bonds is 1. The monoisotopic (exact) mass is 246 g/mol. The van der Waals surface area contributed by atoms with Gasteiger partial charge < -0.3 is 15.4 Å². The number of nitrogens with zero attached hydrogens (tertiary/aromatic N) is 1. The molecule has 2 aromatic rings. The highest BCUT2D eigenvalue weighted by Gasteiger charge is 2.21. The first kappa shape index (κ1) is 10.7. The van der Waals surface area contributed by atoms with E-state index in [1.807, 2.05) is 0 Å². The number of aromatic hydroxyl groups is 1. The molecule has 1 heterocycles. The van der Waals surface area contributed by atoms with Gasteiger partial charge in [-0.1, -0.05) is 16.8 Å². The number of benzene rings is 1. The van der Waals surface area contributed by atoms with E-state index in [1.165, 1.54) is 0 Å². The summed E-state index contributed by atoms with van der Waals surface area (Å²) in [5.41, 5.74) is 4.75. The number of nitrogens with two attached hydrogens (primary N) is 1.